The van der Waals surface area contributed by atoms with E-state index in [1.165, 1.54) is 6.42 Å². The Morgan fingerprint density at radius 3 is 2.94 bits per heavy atom. The molecular weight excluding hydrogens is 226 g/mol. The predicted octanol–water partition coefficient (Wildman–Crippen LogP) is 2.11. The smallest absolute Gasteiger partial charge is 0.0750 e. The van der Waals surface area contributed by atoms with Crippen LogP contribution in [0.2, 0.25) is 0 Å². The first-order valence-corrected chi connectivity index (χ1v) is 6.75. The maximum Gasteiger partial charge on any atom is 0.0750 e. The number of anilines is 1. The minimum absolute atomic E-state index is 0.0440. The van der Waals surface area contributed by atoms with E-state index < -0.39 is 0 Å². The highest BCUT2D eigenvalue weighted by Gasteiger charge is 2.17. The SMILES string of the molecule is CC[C@H](N)c1ccc(N(C)CC2CCCO2)cn1. The van der Waals surface area contributed by atoms with Crippen LogP contribution in [0.4, 0.5) is 5.69 Å². The summed E-state index contributed by atoms with van der Waals surface area (Å²) in [6.45, 7) is 3.91. The normalized spacial score (nSPS) is 20.9. The molecule has 4 nitrogen and oxygen atoms in total. The third-order valence-corrected chi connectivity index (χ3v) is 3.53. The molecule has 2 atom stereocenters. The van der Waals surface area contributed by atoms with E-state index in [9.17, 15) is 0 Å². The van der Waals surface area contributed by atoms with E-state index in [0.29, 0.717) is 6.10 Å². The Kier molecular flexibility index (Phi) is 4.55. The van der Waals surface area contributed by atoms with Gasteiger partial charge >= 0.3 is 0 Å². The highest BCUT2D eigenvalue weighted by Crippen LogP contribution is 2.19. The topological polar surface area (TPSA) is 51.4 Å². The Labute approximate surface area is 109 Å². The summed E-state index contributed by atoms with van der Waals surface area (Å²) in [4.78, 5) is 6.64. The van der Waals surface area contributed by atoms with Crippen molar-refractivity contribution in [3.63, 3.8) is 0 Å². The lowest BCUT2D eigenvalue weighted by Gasteiger charge is -2.22. The monoisotopic (exact) mass is 249 g/mol. The van der Waals surface area contributed by atoms with Crippen LogP contribution in [-0.4, -0.2) is 31.3 Å². The molecule has 1 aromatic rings. The summed E-state index contributed by atoms with van der Waals surface area (Å²) in [6, 6.07) is 4.16. The van der Waals surface area contributed by atoms with Gasteiger partial charge in [-0.25, -0.2) is 0 Å². The van der Waals surface area contributed by atoms with Crippen LogP contribution in [0.5, 0.6) is 0 Å². The summed E-state index contributed by atoms with van der Waals surface area (Å²) in [5.74, 6) is 0. The molecule has 0 aliphatic carbocycles. The van der Waals surface area contributed by atoms with Gasteiger partial charge in [-0.15, -0.1) is 0 Å². The molecule has 0 bridgehead atoms. The fourth-order valence-corrected chi connectivity index (χ4v) is 2.25. The fourth-order valence-electron chi connectivity index (χ4n) is 2.25. The molecule has 1 aromatic heterocycles. The summed E-state index contributed by atoms with van der Waals surface area (Å²) >= 11 is 0. The van der Waals surface area contributed by atoms with Crippen LogP contribution < -0.4 is 10.6 Å². The lowest BCUT2D eigenvalue weighted by atomic mass is 10.1. The number of nitrogens with two attached hydrogens (primary N) is 1. The second-order valence-corrected chi connectivity index (χ2v) is 4.97. The van der Waals surface area contributed by atoms with Crippen molar-refractivity contribution in [3.8, 4) is 0 Å². The number of ether oxygens (including phenoxy) is 1. The van der Waals surface area contributed by atoms with E-state index >= 15 is 0 Å². The minimum Gasteiger partial charge on any atom is -0.376 e. The van der Waals surface area contributed by atoms with Gasteiger partial charge in [0.1, 0.15) is 0 Å². The van der Waals surface area contributed by atoms with Gasteiger partial charge in [-0.1, -0.05) is 6.92 Å². The zero-order valence-corrected chi connectivity index (χ0v) is 11.3. The van der Waals surface area contributed by atoms with Crippen LogP contribution in [0.15, 0.2) is 18.3 Å². The van der Waals surface area contributed by atoms with E-state index in [1.807, 2.05) is 12.3 Å². The third kappa shape index (κ3) is 3.21. The van der Waals surface area contributed by atoms with E-state index in [1.54, 1.807) is 0 Å². The summed E-state index contributed by atoms with van der Waals surface area (Å²) in [5, 5.41) is 0. The first-order valence-electron chi connectivity index (χ1n) is 6.75. The molecule has 4 heteroatoms. The maximum absolute atomic E-state index is 5.96. The molecule has 2 N–H and O–H groups in total. The second kappa shape index (κ2) is 6.16. The molecule has 1 unspecified atom stereocenters. The number of likely N-dealkylation sites (N-methyl/N-ethyl adjacent to an activating group) is 1. The van der Waals surface area contributed by atoms with Crippen molar-refractivity contribution in [3.05, 3.63) is 24.0 Å². The van der Waals surface area contributed by atoms with Crippen LogP contribution in [0.1, 0.15) is 37.9 Å². The van der Waals surface area contributed by atoms with Crippen molar-refractivity contribution in [2.24, 2.45) is 5.73 Å². The number of nitrogens with zero attached hydrogens (tertiary/aromatic N) is 2. The molecule has 0 radical (unpaired) electrons. The number of pyridine rings is 1. The molecule has 2 rings (SSSR count). The average molecular weight is 249 g/mol. The third-order valence-electron chi connectivity index (χ3n) is 3.53. The molecule has 0 amide bonds. The summed E-state index contributed by atoms with van der Waals surface area (Å²) in [7, 11) is 2.08. The van der Waals surface area contributed by atoms with Gasteiger partial charge in [0.25, 0.3) is 0 Å². The zero-order chi connectivity index (χ0) is 13.0. The van der Waals surface area contributed by atoms with Crippen LogP contribution in [-0.2, 0) is 4.74 Å². The number of rotatable bonds is 5. The largest absolute Gasteiger partial charge is 0.376 e. The van der Waals surface area contributed by atoms with E-state index in [-0.39, 0.29) is 6.04 Å². The van der Waals surface area contributed by atoms with Crippen molar-refractivity contribution in [2.45, 2.75) is 38.3 Å². The van der Waals surface area contributed by atoms with Crippen molar-refractivity contribution in [1.29, 1.82) is 0 Å². The number of hydrogen-bond donors (Lipinski definition) is 1. The van der Waals surface area contributed by atoms with E-state index in [4.69, 9.17) is 10.5 Å². The first kappa shape index (κ1) is 13.3. The summed E-state index contributed by atoms with van der Waals surface area (Å²) in [5.41, 5.74) is 8.04. The molecule has 1 aliphatic heterocycles. The lowest BCUT2D eigenvalue weighted by molar-refractivity contribution is 0.116. The highest BCUT2D eigenvalue weighted by molar-refractivity contribution is 5.44. The molecule has 0 saturated carbocycles. The highest BCUT2D eigenvalue weighted by atomic mass is 16.5. The molecule has 100 valence electrons. The van der Waals surface area contributed by atoms with E-state index in [2.05, 4.69) is 29.9 Å². The van der Waals surface area contributed by atoms with Gasteiger partial charge in [0, 0.05) is 26.2 Å². The van der Waals surface area contributed by atoms with Crippen molar-refractivity contribution in [1.82, 2.24) is 4.98 Å². The Morgan fingerprint density at radius 1 is 1.56 bits per heavy atom. The summed E-state index contributed by atoms with van der Waals surface area (Å²) < 4.78 is 5.64. The van der Waals surface area contributed by atoms with Crippen molar-refractivity contribution < 1.29 is 4.74 Å². The van der Waals surface area contributed by atoms with Gasteiger partial charge in [-0.05, 0) is 31.4 Å². The van der Waals surface area contributed by atoms with Crippen LogP contribution in [0.3, 0.4) is 0 Å². The Morgan fingerprint density at radius 2 is 2.39 bits per heavy atom. The molecule has 1 aliphatic rings. The standard InChI is InChI=1S/C14H23N3O/c1-3-13(15)14-7-6-11(9-16-14)17(2)10-12-5-4-8-18-12/h6-7,9,12-13H,3-5,8,10,15H2,1-2H3/t12?,13-/m0/s1. The van der Waals surface area contributed by atoms with Crippen LogP contribution >= 0.6 is 0 Å². The van der Waals surface area contributed by atoms with Crippen LogP contribution in [0, 0.1) is 0 Å². The van der Waals surface area contributed by atoms with Crippen molar-refractivity contribution in [2.75, 3.05) is 25.1 Å². The number of aromatic nitrogens is 1. The minimum atomic E-state index is 0.0440. The molecule has 18 heavy (non-hydrogen) atoms. The second-order valence-electron chi connectivity index (χ2n) is 4.97. The Hall–Kier alpha value is -1.13. The van der Waals surface area contributed by atoms with Gasteiger partial charge in [0.05, 0.1) is 23.7 Å². The summed E-state index contributed by atoms with van der Waals surface area (Å²) in [6.07, 6.45) is 5.53. The lowest BCUT2D eigenvalue weighted by Crippen LogP contribution is -2.28. The van der Waals surface area contributed by atoms with Gasteiger partial charge < -0.3 is 15.4 Å². The van der Waals surface area contributed by atoms with Gasteiger partial charge in [0.15, 0.2) is 0 Å². The average Bonchev–Trinajstić information content (AvgIpc) is 2.91. The quantitative estimate of drug-likeness (QED) is 0.868. The molecule has 0 aromatic carbocycles. The van der Waals surface area contributed by atoms with Gasteiger partial charge in [0.2, 0.25) is 0 Å². The predicted molar refractivity (Wildman–Crippen MR) is 73.7 cm³/mol. The Bertz CT molecular complexity index is 360. The van der Waals surface area contributed by atoms with E-state index in [0.717, 1.165) is 37.4 Å². The first-order chi connectivity index (χ1) is 8.70. The molecular formula is C14H23N3O. The zero-order valence-electron chi connectivity index (χ0n) is 11.3. The Balaban J connectivity index is 1.95. The maximum atomic E-state index is 5.96. The van der Waals surface area contributed by atoms with Gasteiger partial charge in [-0.3, -0.25) is 4.98 Å². The van der Waals surface area contributed by atoms with Gasteiger partial charge in [-0.2, -0.15) is 0 Å². The molecule has 1 fully saturated rings. The number of hydrogen-bond acceptors (Lipinski definition) is 4. The fraction of sp³-hybridized carbons (Fsp3) is 0.643. The molecule has 0 spiro atoms. The molecule has 1 saturated heterocycles. The van der Waals surface area contributed by atoms with Crippen LogP contribution in [0.25, 0.3) is 0 Å². The molecule has 2 heterocycles. The van der Waals surface area contributed by atoms with Crippen molar-refractivity contribution >= 4 is 5.69 Å².